The van der Waals surface area contributed by atoms with Crippen LogP contribution >= 0.6 is 12.6 Å². The molecule has 1 amide bonds. The van der Waals surface area contributed by atoms with Crippen molar-refractivity contribution in [1.82, 2.24) is 0 Å². The largest absolute Gasteiger partial charge is 0.306 e. The summed E-state index contributed by atoms with van der Waals surface area (Å²) in [5.74, 6) is -0.269. The number of amides is 1. The zero-order valence-corrected chi connectivity index (χ0v) is 10.3. The molecule has 1 aromatic rings. The molecule has 18 heavy (non-hydrogen) atoms. The Balaban J connectivity index is 2.39. The van der Waals surface area contributed by atoms with Gasteiger partial charge in [-0.1, -0.05) is 0 Å². The summed E-state index contributed by atoms with van der Waals surface area (Å²) in [4.78, 5) is 23.3. The van der Waals surface area contributed by atoms with E-state index in [1.807, 2.05) is 0 Å². The number of anilines is 1. The Bertz CT molecular complexity index is 509. The van der Waals surface area contributed by atoms with Gasteiger partial charge in [-0.15, -0.1) is 0 Å². The maximum Gasteiger partial charge on any atom is 0.295 e. The molecule has 0 saturated carbocycles. The van der Waals surface area contributed by atoms with Crippen LogP contribution in [0.1, 0.15) is 6.42 Å². The van der Waals surface area contributed by atoms with Crippen LogP contribution in [0.2, 0.25) is 0 Å². The monoisotopic (exact) mass is 270 g/mol. The minimum Gasteiger partial charge on any atom is -0.306 e. The topological polar surface area (TPSA) is 63.5 Å². The van der Waals surface area contributed by atoms with E-state index >= 15 is 0 Å². The van der Waals surface area contributed by atoms with Gasteiger partial charge in [0.25, 0.3) is 5.69 Å². The standard InChI is InChI=1S/C11H11FN2O3S/c12-8-1-2-9(10(4-8)14(16)17)13-5-7(6-18)3-11(13)15/h1-2,4,7,18H,3,5-6H2. The Labute approximate surface area is 108 Å². The molecular formula is C11H11FN2O3S. The minimum absolute atomic E-state index is 0.0745. The van der Waals surface area contributed by atoms with Gasteiger partial charge in [-0.3, -0.25) is 14.9 Å². The number of hydrogen-bond acceptors (Lipinski definition) is 4. The molecule has 0 N–H and O–H groups in total. The highest BCUT2D eigenvalue weighted by molar-refractivity contribution is 7.80. The van der Waals surface area contributed by atoms with Crippen molar-refractivity contribution in [2.75, 3.05) is 17.2 Å². The van der Waals surface area contributed by atoms with E-state index in [0.717, 1.165) is 12.1 Å². The van der Waals surface area contributed by atoms with Gasteiger partial charge >= 0.3 is 0 Å². The summed E-state index contributed by atoms with van der Waals surface area (Å²) in [5, 5.41) is 10.9. The Kier molecular flexibility index (Phi) is 3.51. The van der Waals surface area contributed by atoms with Crippen molar-refractivity contribution in [1.29, 1.82) is 0 Å². The van der Waals surface area contributed by atoms with Gasteiger partial charge in [-0.25, -0.2) is 4.39 Å². The molecule has 1 heterocycles. The smallest absolute Gasteiger partial charge is 0.295 e. The number of nitrogens with zero attached hydrogens (tertiary/aromatic N) is 2. The van der Waals surface area contributed by atoms with Crippen LogP contribution in [-0.4, -0.2) is 23.1 Å². The van der Waals surface area contributed by atoms with Gasteiger partial charge in [-0.05, 0) is 23.8 Å². The normalized spacial score (nSPS) is 19.3. The fraction of sp³-hybridized carbons (Fsp3) is 0.364. The van der Waals surface area contributed by atoms with Crippen molar-refractivity contribution in [2.45, 2.75) is 6.42 Å². The number of nitro groups is 1. The molecule has 0 radical (unpaired) electrons. The summed E-state index contributed by atoms with van der Waals surface area (Å²) < 4.78 is 13.0. The zero-order valence-electron chi connectivity index (χ0n) is 9.38. The Morgan fingerprint density at radius 1 is 1.56 bits per heavy atom. The summed E-state index contributed by atoms with van der Waals surface area (Å²) in [6.07, 6.45) is 0.317. The van der Waals surface area contributed by atoms with E-state index < -0.39 is 10.7 Å². The van der Waals surface area contributed by atoms with Gasteiger partial charge in [-0.2, -0.15) is 12.6 Å². The van der Waals surface area contributed by atoms with E-state index in [-0.39, 0.29) is 23.2 Å². The van der Waals surface area contributed by atoms with Gasteiger partial charge < -0.3 is 4.90 Å². The summed E-state index contributed by atoms with van der Waals surface area (Å²) in [6, 6.07) is 3.21. The molecule has 1 aliphatic heterocycles. The van der Waals surface area contributed by atoms with E-state index in [2.05, 4.69) is 12.6 Å². The molecule has 1 aromatic carbocycles. The first-order valence-corrected chi connectivity index (χ1v) is 6.01. The van der Waals surface area contributed by atoms with Crippen molar-refractivity contribution in [2.24, 2.45) is 5.92 Å². The highest BCUT2D eigenvalue weighted by Crippen LogP contribution is 2.33. The van der Waals surface area contributed by atoms with Gasteiger partial charge in [0.2, 0.25) is 5.91 Å². The van der Waals surface area contributed by atoms with Crippen LogP contribution in [0.4, 0.5) is 15.8 Å². The third-order valence-electron chi connectivity index (χ3n) is 2.89. The van der Waals surface area contributed by atoms with Crippen molar-refractivity contribution in [3.8, 4) is 0 Å². The van der Waals surface area contributed by atoms with Gasteiger partial charge in [0.15, 0.2) is 0 Å². The van der Waals surface area contributed by atoms with Gasteiger partial charge in [0, 0.05) is 13.0 Å². The van der Waals surface area contributed by atoms with Crippen LogP contribution in [0.5, 0.6) is 0 Å². The number of thiol groups is 1. The average Bonchev–Trinajstić information content (AvgIpc) is 2.70. The molecule has 0 aromatic heterocycles. The molecule has 0 bridgehead atoms. The van der Waals surface area contributed by atoms with E-state index in [4.69, 9.17) is 0 Å². The molecule has 7 heteroatoms. The first kappa shape index (κ1) is 12.8. The molecule has 1 saturated heterocycles. The minimum atomic E-state index is -0.692. The van der Waals surface area contributed by atoms with E-state index in [1.54, 1.807) is 0 Å². The fourth-order valence-electron chi connectivity index (χ4n) is 2.01. The lowest BCUT2D eigenvalue weighted by molar-refractivity contribution is -0.384. The molecule has 0 aliphatic carbocycles. The zero-order chi connectivity index (χ0) is 13.3. The number of carbonyl (C=O) groups excluding carboxylic acids is 1. The van der Waals surface area contributed by atoms with Crippen LogP contribution in [0, 0.1) is 21.8 Å². The lowest BCUT2D eigenvalue weighted by Gasteiger charge is -2.16. The van der Waals surface area contributed by atoms with E-state index in [9.17, 15) is 19.3 Å². The second-order valence-electron chi connectivity index (χ2n) is 4.15. The number of hydrogen-bond donors (Lipinski definition) is 1. The Morgan fingerprint density at radius 3 is 2.83 bits per heavy atom. The number of nitro benzene ring substituents is 1. The first-order chi connectivity index (χ1) is 8.52. The molecular weight excluding hydrogens is 259 g/mol. The third kappa shape index (κ3) is 2.31. The van der Waals surface area contributed by atoms with Crippen LogP contribution < -0.4 is 4.90 Å². The van der Waals surface area contributed by atoms with Crippen LogP contribution in [0.15, 0.2) is 18.2 Å². The molecule has 0 spiro atoms. The number of rotatable bonds is 3. The number of carbonyl (C=O) groups is 1. The second-order valence-corrected chi connectivity index (χ2v) is 4.51. The summed E-state index contributed by atoms with van der Waals surface area (Å²) in [5.41, 5.74) is -0.237. The molecule has 1 atom stereocenters. The average molecular weight is 270 g/mol. The maximum atomic E-state index is 13.0. The molecule has 1 fully saturated rings. The van der Waals surface area contributed by atoms with Gasteiger partial charge in [0.1, 0.15) is 11.5 Å². The van der Waals surface area contributed by atoms with E-state index in [1.165, 1.54) is 11.0 Å². The highest BCUT2D eigenvalue weighted by atomic mass is 32.1. The Hall–Kier alpha value is -1.63. The summed E-state index contributed by atoms with van der Waals surface area (Å²) in [7, 11) is 0. The quantitative estimate of drug-likeness (QED) is 0.519. The third-order valence-corrected chi connectivity index (χ3v) is 3.40. The fourth-order valence-corrected chi connectivity index (χ4v) is 2.25. The van der Waals surface area contributed by atoms with Crippen LogP contribution in [0.25, 0.3) is 0 Å². The lowest BCUT2D eigenvalue weighted by atomic mass is 10.1. The Morgan fingerprint density at radius 2 is 2.28 bits per heavy atom. The number of benzene rings is 1. The van der Waals surface area contributed by atoms with Crippen LogP contribution in [0.3, 0.4) is 0 Å². The van der Waals surface area contributed by atoms with E-state index in [0.29, 0.717) is 18.7 Å². The van der Waals surface area contributed by atoms with Crippen molar-refractivity contribution >= 4 is 29.9 Å². The first-order valence-electron chi connectivity index (χ1n) is 5.38. The SMILES string of the molecule is O=C1CC(CS)CN1c1ccc(F)cc1[N+](=O)[O-]. The summed E-state index contributed by atoms with van der Waals surface area (Å²) in [6.45, 7) is 0.384. The predicted molar refractivity (Wildman–Crippen MR) is 67.4 cm³/mol. The molecule has 5 nitrogen and oxygen atoms in total. The molecule has 96 valence electrons. The van der Waals surface area contributed by atoms with Gasteiger partial charge in [0.05, 0.1) is 11.0 Å². The molecule has 1 aliphatic rings. The van der Waals surface area contributed by atoms with Crippen molar-refractivity contribution in [3.63, 3.8) is 0 Å². The molecule has 2 rings (SSSR count). The maximum absolute atomic E-state index is 13.0. The van der Waals surface area contributed by atoms with Crippen molar-refractivity contribution < 1.29 is 14.1 Å². The summed E-state index contributed by atoms with van der Waals surface area (Å²) >= 11 is 4.12. The number of halogens is 1. The molecule has 1 unspecified atom stereocenters. The predicted octanol–water partition coefficient (Wildman–Crippen LogP) is 2.02. The second kappa shape index (κ2) is 4.93. The van der Waals surface area contributed by atoms with Crippen LogP contribution in [-0.2, 0) is 4.79 Å². The highest BCUT2D eigenvalue weighted by Gasteiger charge is 2.33. The lowest BCUT2D eigenvalue weighted by Crippen LogP contribution is -2.25. The van der Waals surface area contributed by atoms with Crippen molar-refractivity contribution in [3.05, 3.63) is 34.1 Å².